The van der Waals surface area contributed by atoms with Gasteiger partial charge in [-0.25, -0.2) is 0 Å². The molecule has 0 saturated heterocycles. The molecule has 0 aliphatic carbocycles. The van der Waals surface area contributed by atoms with Crippen LogP contribution >= 0.6 is 0 Å². The number of carbonyl (C=O) groups excluding carboxylic acids is 1. The molecule has 1 aliphatic rings. The maximum Gasteiger partial charge on any atom is 0.273 e. The third-order valence-corrected chi connectivity index (χ3v) is 4.35. The van der Waals surface area contributed by atoms with E-state index in [9.17, 15) is 20.2 Å². The first-order valence-corrected chi connectivity index (χ1v) is 9.00. The monoisotopic (exact) mass is 393 g/mol. The minimum absolute atomic E-state index is 0.0256. The lowest BCUT2D eigenvalue weighted by molar-refractivity contribution is -0.385. The van der Waals surface area contributed by atoms with Crippen LogP contribution in [-0.4, -0.2) is 24.0 Å². The summed E-state index contributed by atoms with van der Waals surface area (Å²) in [7, 11) is 0. The van der Waals surface area contributed by atoms with Crippen molar-refractivity contribution in [1.29, 1.82) is 5.26 Å². The molecule has 3 rings (SSSR count). The topological polar surface area (TPSA) is 114 Å². The number of ether oxygens (including phenoxy) is 2. The summed E-state index contributed by atoms with van der Waals surface area (Å²) in [5, 5.41) is 23.4. The lowest BCUT2D eigenvalue weighted by atomic mass is 9.98. The molecular formula is C21H19N3O5. The minimum Gasteiger partial charge on any atom is -0.486 e. The summed E-state index contributed by atoms with van der Waals surface area (Å²) in [6, 6.07) is 11.4. The Bertz CT molecular complexity index is 1040. The van der Waals surface area contributed by atoms with Crippen LogP contribution in [0.5, 0.6) is 11.5 Å². The molecule has 0 fully saturated rings. The summed E-state index contributed by atoms with van der Waals surface area (Å²) in [6.07, 6.45) is 1.32. The summed E-state index contributed by atoms with van der Waals surface area (Å²) in [6.45, 7) is 4.60. The number of nitrogens with zero attached hydrogens (tertiary/aromatic N) is 2. The van der Waals surface area contributed by atoms with Crippen LogP contribution in [0.2, 0.25) is 0 Å². The van der Waals surface area contributed by atoms with Crippen LogP contribution < -0.4 is 14.8 Å². The van der Waals surface area contributed by atoms with Crippen LogP contribution in [0.3, 0.4) is 0 Å². The molecule has 8 nitrogen and oxygen atoms in total. The van der Waals surface area contributed by atoms with Gasteiger partial charge in [-0.3, -0.25) is 14.9 Å². The van der Waals surface area contributed by atoms with Crippen molar-refractivity contribution in [3.63, 3.8) is 0 Å². The Morgan fingerprint density at radius 3 is 2.59 bits per heavy atom. The molecule has 0 bridgehead atoms. The van der Waals surface area contributed by atoms with Gasteiger partial charge in [-0.15, -0.1) is 0 Å². The van der Waals surface area contributed by atoms with Crippen molar-refractivity contribution in [2.24, 2.45) is 0 Å². The van der Waals surface area contributed by atoms with E-state index in [0.717, 1.165) is 0 Å². The van der Waals surface area contributed by atoms with E-state index in [1.165, 1.54) is 12.1 Å². The van der Waals surface area contributed by atoms with E-state index < -0.39 is 10.8 Å². The Labute approximate surface area is 167 Å². The van der Waals surface area contributed by atoms with Crippen molar-refractivity contribution in [2.45, 2.75) is 19.8 Å². The van der Waals surface area contributed by atoms with Crippen LogP contribution in [-0.2, 0) is 4.79 Å². The highest BCUT2D eigenvalue weighted by molar-refractivity contribution is 6.09. The van der Waals surface area contributed by atoms with Crippen LogP contribution in [0.25, 0.3) is 6.08 Å². The van der Waals surface area contributed by atoms with E-state index in [1.807, 2.05) is 19.9 Å². The quantitative estimate of drug-likeness (QED) is 0.355. The number of nitro groups is 1. The maximum atomic E-state index is 12.5. The van der Waals surface area contributed by atoms with Gasteiger partial charge in [-0.05, 0) is 29.7 Å². The first kappa shape index (κ1) is 19.9. The van der Waals surface area contributed by atoms with Crippen molar-refractivity contribution in [3.05, 3.63) is 63.2 Å². The highest BCUT2D eigenvalue weighted by atomic mass is 16.6. The van der Waals surface area contributed by atoms with Crippen LogP contribution in [0.4, 0.5) is 11.4 Å². The molecule has 0 radical (unpaired) electrons. The fourth-order valence-corrected chi connectivity index (χ4v) is 2.93. The smallest absolute Gasteiger partial charge is 0.273 e. The van der Waals surface area contributed by atoms with Gasteiger partial charge in [0.15, 0.2) is 11.5 Å². The van der Waals surface area contributed by atoms with Crippen molar-refractivity contribution < 1.29 is 19.2 Å². The number of nitrogens with one attached hydrogen (secondary N) is 1. The van der Waals surface area contributed by atoms with E-state index in [4.69, 9.17) is 9.47 Å². The van der Waals surface area contributed by atoms with E-state index in [-0.39, 0.29) is 17.2 Å². The molecule has 1 N–H and O–H groups in total. The van der Waals surface area contributed by atoms with Gasteiger partial charge in [0.25, 0.3) is 11.6 Å². The van der Waals surface area contributed by atoms with Gasteiger partial charge in [0.1, 0.15) is 24.9 Å². The van der Waals surface area contributed by atoms with Crippen molar-refractivity contribution >= 4 is 23.4 Å². The van der Waals surface area contributed by atoms with Crippen molar-refractivity contribution in [2.75, 3.05) is 18.5 Å². The summed E-state index contributed by atoms with van der Waals surface area (Å²) in [4.78, 5) is 23.4. The molecule has 0 atom stereocenters. The molecule has 148 valence electrons. The van der Waals surface area contributed by atoms with E-state index in [0.29, 0.717) is 41.5 Å². The Morgan fingerprint density at radius 2 is 1.93 bits per heavy atom. The van der Waals surface area contributed by atoms with Crippen LogP contribution in [0, 0.1) is 21.4 Å². The third-order valence-electron chi connectivity index (χ3n) is 4.35. The summed E-state index contributed by atoms with van der Waals surface area (Å²) in [5.74, 6) is 0.446. The van der Waals surface area contributed by atoms with Crippen LogP contribution in [0.15, 0.2) is 42.0 Å². The molecule has 0 saturated carbocycles. The Kier molecular flexibility index (Phi) is 5.79. The van der Waals surface area contributed by atoms with E-state index in [1.54, 1.807) is 30.3 Å². The lowest BCUT2D eigenvalue weighted by Gasteiger charge is -2.18. The molecule has 8 heteroatoms. The lowest BCUT2D eigenvalue weighted by Crippen LogP contribution is -2.17. The predicted octanol–water partition coefficient (Wildman–Crippen LogP) is 4.04. The number of nitriles is 1. The molecule has 29 heavy (non-hydrogen) atoms. The van der Waals surface area contributed by atoms with E-state index in [2.05, 4.69) is 5.32 Å². The average molecular weight is 393 g/mol. The standard InChI is InChI=1S/C21H19N3O5/c1-13(2)17-5-3-14(10-18(17)24(26)27)9-15(12-22)21(25)23-16-4-6-19-20(11-16)29-8-7-28-19/h3-6,9-11,13H,7-8H2,1-2H3,(H,23,25)/b15-9+. The average Bonchev–Trinajstić information content (AvgIpc) is 2.71. The van der Waals surface area contributed by atoms with Gasteiger partial charge >= 0.3 is 0 Å². The zero-order chi connectivity index (χ0) is 21.0. The number of rotatable bonds is 5. The SMILES string of the molecule is CC(C)c1ccc(/C=C(\C#N)C(=O)Nc2ccc3c(c2)OCCO3)cc1[N+](=O)[O-]. The first-order chi connectivity index (χ1) is 13.9. The number of fused-ring (bicyclic) bond motifs is 1. The van der Waals surface area contributed by atoms with Crippen LogP contribution in [0.1, 0.15) is 30.9 Å². The number of carbonyl (C=O) groups is 1. The largest absolute Gasteiger partial charge is 0.486 e. The summed E-state index contributed by atoms with van der Waals surface area (Å²) < 4.78 is 10.9. The normalized spacial score (nSPS) is 13.0. The van der Waals surface area contributed by atoms with Gasteiger partial charge < -0.3 is 14.8 Å². The Morgan fingerprint density at radius 1 is 1.21 bits per heavy atom. The third kappa shape index (κ3) is 4.52. The number of benzene rings is 2. The summed E-state index contributed by atoms with van der Waals surface area (Å²) in [5.41, 5.74) is 1.22. The molecule has 0 aromatic heterocycles. The Hall–Kier alpha value is -3.86. The van der Waals surface area contributed by atoms with Crippen molar-refractivity contribution in [1.82, 2.24) is 0 Å². The van der Waals surface area contributed by atoms with Gasteiger partial charge in [-0.1, -0.05) is 26.0 Å². The Balaban J connectivity index is 1.84. The fourth-order valence-electron chi connectivity index (χ4n) is 2.93. The molecule has 1 aliphatic heterocycles. The molecule has 2 aromatic carbocycles. The van der Waals surface area contributed by atoms with Gasteiger partial charge in [-0.2, -0.15) is 5.26 Å². The van der Waals surface area contributed by atoms with Crippen molar-refractivity contribution in [3.8, 4) is 17.6 Å². The zero-order valence-corrected chi connectivity index (χ0v) is 16.0. The second kappa shape index (κ2) is 8.44. The number of hydrogen-bond acceptors (Lipinski definition) is 6. The highest BCUT2D eigenvalue weighted by Crippen LogP contribution is 2.33. The second-order valence-electron chi connectivity index (χ2n) is 6.71. The molecule has 1 amide bonds. The second-order valence-corrected chi connectivity index (χ2v) is 6.71. The van der Waals surface area contributed by atoms with Gasteiger partial charge in [0, 0.05) is 23.4 Å². The number of amides is 1. The molecule has 0 unspecified atom stereocenters. The van der Waals surface area contributed by atoms with E-state index >= 15 is 0 Å². The molecule has 2 aromatic rings. The molecule has 1 heterocycles. The van der Waals surface area contributed by atoms with Gasteiger partial charge in [0.2, 0.25) is 0 Å². The first-order valence-electron chi connectivity index (χ1n) is 9.00. The van der Waals surface area contributed by atoms with Gasteiger partial charge in [0.05, 0.1) is 4.92 Å². The number of hydrogen-bond donors (Lipinski definition) is 1. The predicted molar refractivity (Wildman–Crippen MR) is 107 cm³/mol. The zero-order valence-electron chi connectivity index (χ0n) is 16.0. The fraction of sp³-hybridized carbons (Fsp3) is 0.238. The molecular weight excluding hydrogens is 374 g/mol. The minimum atomic E-state index is -0.625. The molecule has 0 spiro atoms. The number of anilines is 1. The maximum absolute atomic E-state index is 12.5. The number of nitro benzene ring substituents is 1. The summed E-state index contributed by atoms with van der Waals surface area (Å²) >= 11 is 0. The highest BCUT2D eigenvalue weighted by Gasteiger charge is 2.18.